The minimum Gasteiger partial charge on any atom is -0.493 e. The van der Waals surface area contributed by atoms with Gasteiger partial charge in [-0.2, -0.15) is 0 Å². The van der Waals surface area contributed by atoms with E-state index in [2.05, 4.69) is 0 Å². The van der Waals surface area contributed by atoms with Gasteiger partial charge in [0.25, 0.3) is 0 Å². The molecule has 1 N–H and O–H groups in total. The summed E-state index contributed by atoms with van der Waals surface area (Å²) in [6, 6.07) is 7.02. The number of rotatable bonds is 4. The van der Waals surface area contributed by atoms with Crippen molar-refractivity contribution >= 4 is 23.2 Å². The predicted molar refractivity (Wildman–Crippen MR) is 53.4 cm³/mol. The Labute approximate surface area is 87.0 Å². The van der Waals surface area contributed by atoms with Crippen LogP contribution in [0.4, 0.5) is 0 Å². The maximum atomic E-state index is 8.74. The molecule has 1 aromatic carbocycles. The third-order valence-corrected chi connectivity index (χ3v) is 1.91. The summed E-state index contributed by atoms with van der Waals surface area (Å²) in [6.07, 6.45) is 0.407. The summed E-state index contributed by atoms with van der Waals surface area (Å²) < 4.78 is 5.27. The topological polar surface area (TPSA) is 29.5 Å². The lowest BCUT2D eigenvalue weighted by Gasteiger charge is -2.06. The number of hydrogen-bond acceptors (Lipinski definition) is 2. The van der Waals surface area contributed by atoms with Crippen LogP contribution in [0.25, 0.3) is 0 Å². The second-order valence-corrected chi connectivity index (χ2v) is 3.47. The van der Waals surface area contributed by atoms with Crippen LogP contribution < -0.4 is 4.74 Å². The molecule has 0 heterocycles. The largest absolute Gasteiger partial charge is 0.493 e. The van der Waals surface area contributed by atoms with Gasteiger partial charge in [0.2, 0.25) is 0 Å². The molecule has 0 saturated carbocycles. The Balaban J connectivity index is 2.33. The molecule has 0 aliphatic heterocycles. The van der Waals surface area contributed by atoms with E-state index >= 15 is 0 Å². The number of aliphatic hydroxyl groups is 1. The van der Waals surface area contributed by atoms with E-state index in [-0.39, 0.29) is 0 Å². The van der Waals surface area contributed by atoms with Gasteiger partial charge in [0, 0.05) is 11.4 Å². The Morgan fingerprint density at radius 1 is 1.31 bits per heavy atom. The third-order valence-electron chi connectivity index (χ3n) is 1.44. The van der Waals surface area contributed by atoms with Gasteiger partial charge in [0.15, 0.2) is 0 Å². The van der Waals surface area contributed by atoms with Crippen LogP contribution in [0, 0.1) is 0 Å². The number of halogens is 2. The average Bonchev–Trinajstić information content (AvgIpc) is 2.08. The number of ether oxygens (including phenoxy) is 1. The molecule has 0 saturated heterocycles. The van der Waals surface area contributed by atoms with Gasteiger partial charge in [-0.3, -0.25) is 0 Å². The lowest BCUT2D eigenvalue weighted by Crippen LogP contribution is -2.05. The van der Waals surface area contributed by atoms with Gasteiger partial charge in [0.05, 0.1) is 6.61 Å². The molecule has 1 rings (SSSR count). The molecule has 0 aliphatic carbocycles. The SMILES string of the molecule is OC(Cl)CCOc1ccc(Cl)cc1. The molecule has 0 aliphatic rings. The molecular weight excluding hydrogens is 211 g/mol. The quantitative estimate of drug-likeness (QED) is 0.792. The van der Waals surface area contributed by atoms with E-state index in [1.165, 1.54) is 0 Å². The molecule has 0 radical (unpaired) electrons. The standard InChI is InChI=1S/C9H10Cl2O2/c10-7-1-3-8(4-2-7)13-6-5-9(11)12/h1-4,9,12H,5-6H2. The first kappa shape index (κ1) is 10.6. The van der Waals surface area contributed by atoms with Crippen molar-refractivity contribution in [3.8, 4) is 5.75 Å². The molecule has 0 spiro atoms. The van der Waals surface area contributed by atoms with Crippen LogP contribution in [0.3, 0.4) is 0 Å². The molecule has 2 nitrogen and oxygen atoms in total. The summed E-state index contributed by atoms with van der Waals surface area (Å²) in [5.74, 6) is 0.724. The highest BCUT2D eigenvalue weighted by Crippen LogP contribution is 2.15. The zero-order chi connectivity index (χ0) is 9.68. The van der Waals surface area contributed by atoms with Crippen LogP contribution in [-0.2, 0) is 0 Å². The van der Waals surface area contributed by atoms with E-state index in [1.54, 1.807) is 24.3 Å². The van der Waals surface area contributed by atoms with Gasteiger partial charge in [-0.15, -0.1) is 0 Å². The smallest absolute Gasteiger partial charge is 0.131 e. The highest BCUT2D eigenvalue weighted by molar-refractivity contribution is 6.30. The first-order valence-electron chi connectivity index (χ1n) is 3.89. The predicted octanol–water partition coefficient (Wildman–Crippen LogP) is 2.67. The molecule has 0 bridgehead atoms. The molecular formula is C9H10Cl2O2. The fourth-order valence-corrected chi connectivity index (χ4v) is 1.02. The minimum atomic E-state index is -0.840. The Hall–Kier alpha value is -0.440. The van der Waals surface area contributed by atoms with Crippen molar-refractivity contribution in [2.75, 3.05) is 6.61 Å². The summed E-state index contributed by atoms with van der Waals surface area (Å²) >= 11 is 11.0. The zero-order valence-electron chi connectivity index (χ0n) is 6.91. The summed E-state index contributed by atoms with van der Waals surface area (Å²) in [5.41, 5.74) is -0.840. The van der Waals surface area contributed by atoms with E-state index in [0.29, 0.717) is 18.1 Å². The van der Waals surface area contributed by atoms with E-state index in [9.17, 15) is 0 Å². The number of hydrogen-bond donors (Lipinski definition) is 1. The van der Waals surface area contributed by atoms with Crippen molar-refractivity contribution in [3.05, 3.63) is 29.3 Å². The molecule has 13 heavy (non-hydrogen) atoms. The van der Waals surface area contributed by atoms with Crippen LogP contribution in [0.5, 0.6) is 5.75 Å². The van der Waals surface area contributed by atoms with Crippen molar-refractivity contribution in [1.82, 2.24) is 0 Å². The Kier molecular flexibility index (Phi) is 4.36. The monoisotopic (exact) mass is 220 g/mol. The van der Waals surface area contributed by atoms with Gasteiger partial charge in [-0.1, -0.05) is 23.2 Å². The van der Waals surface area contributed by atoms with Gasteiger partial charge in [0.1, 0.15) is 11.3 Å². The maximum Gasteiger partial charge on any atom is 0.131 e. The second kappa shape index (κ2) is 5.32. The third kappa shape index (κ3) is 4.36. The van der Waals surface area contributed by atoms with Crippen molar-refractivity contribution in [2.45, 2.75) is 12.0 Å². The van der Waals surface area contributed by atoms with Crippen molar-refractivity contribution in [1.29, 1.82) is 0 Å². The van der Waals surface area contributed by atoms with Gasteiger partial charge in [-0.05, 0) is 24.3 Å². The van der Waals surface area contributed by atoms with E-state index in [4.69, 9.17) is 33.0 Å². The molecule has 0 aromatic heterocycles. The minimum absolute atomic E-state index is 0.395. The van der Waals surface area contributed by atoms with E-state index in [0.717, 1.165) is 5.75 Å². The second-order valence-electron chi connectivity index (χ2n) is 2.53. The number of aliphatic hydroxyl groups excluding tert-OH is 1. The Morgan fingerprint density at radius 2 is 1.92 bits per heavy atom. The molecule has 4 heteroatoms. The molecule has 1 atom stereocenters. The average molecular weight is 221 g/mol. The normalized spacial score (nSPS) is 12.5. The first-order chi connectivity index (χ1) is 6.18. The Morgan fingerprint density at radius 3 is 2.46 bits per heavy atom. The molecule has 0 fully saturated rings. The summed E-state index contributed by atoms with van der Waals surface area (Å²) in [4.78, 5) is 0. The van der Waals surface area contributed by atoms with Gasteiger partial charge >= 0.3 is 0 Å². The van der Waals surface area contributed by atoms with Crippen LogP contribution >= 0.6 is 23.2 Å². The summed E-state index contributed by atoms with van der Waals surface area (Å²) in [6.45, 7) is 0.395. The highest BCUT2D eigenvalue weighted by atomic mass is 35.5. The van der Waals surface area contributed by atoms with E-state index in [1.807, 2.05) is 0 Å². The van der Waals surface area contributed by atoms with Crippen LogP contribution in [0.15, 0.2) is 24.3 Å². The molecule has 72 valence electrons. The number of alkyl halides is 1. The highest BCUT2D eigenvalue weighted by Gasteiger charge is 1.98. The van der Waals surface area contributed by atoms with Crippen molar-refractivity contribution < 1.29 is 9.84 Å². The number of benzene rings is 1. The van der Waals surface area contributed by atoms with Crippen molar-refractivity contribution in [2.24, 2.45) is 0 Å². The zero-order valence-corrected chi connectivity index (χ0v) is 8.42. The van der Waals surface area contributed by atoms with Gasteiger partial charge in [-0.25, -0.2) is 0 Å². The lowest BCUT2D eigenvalue weighted by atomic mass is 10.3. The molecule has 1 unspecified atom stereocenters. The first-order valence-corrected chi connectivity index (χ1v) is 4.70. The molecule has 1 aromatic rings. The fourth-order valence-electron chi connectivity index (χ4n) is 0.805. The van der Waals surface area contributed by atoms with Crippen LogP contribution in [-0.4, -0.2) is 17.3 Å². The van der Waals surface area contributed by atoms with Crippen LogP contribution in [0.2, 0.25) is 5.02 Å². The van der Waals surface area contributed by atoms with E-state index < -0.39 is 5.56 Å². The lowest BCUT2D eigenvalue weighted by molar-refractivity contribution is 0.203. The summed E-state index contributed by atoms with van der Waals surface area (Å²) in [7, 11) is 0. The van der Waals surface area contributed by atoms with Crippen molar-refractivity contribution in [3.63, 3.8) is 0 Å². The Bertz CT molecular complexity index is 246. The van der Waals surface area contributed by atoms with Gasteiger partial charge < -0.3 is 9.84 Å². The maximum absolute atomic E-state index is 8.74. The fraction of sp³-hybridized carbons (Fsp3) is 0.333. The van der Waals surface area contributed by atoms with Crippen LogP contribution in [0.1, 0.15) is 6.42 Å². The molecule has 0 amide bonds. The summed E-state index contributed by atoms with van der Waals surface area (Å²) in [5, 5.41) is 9.41.